The van der Waals surface area contributed by atoms with E-state index in [2.05, 4.69) is 11.5 Å². The summed E-state index contributed by atoms with van der Waals surface area (Å²) in [6.07, 6.45) is 2.11. The van der Waals surface area contributed by atoms with Crippen LogP contribution >= 0.6 is 11.8 Å². The molecule has 3 atom stereocenters. The Morgan fingerprint density at radius 3 is 3.09 bits per heavy atom. The minimum Gasteiger partial charge on any atom is -0.466 e. The van der Waals surface area contributed by atoms with E-state index in [9.17, 15) is 4.79 Å². The first-order chi connectivity index (χ1) is 5.34. The average Bonchev–Trinajstić information content (AvgIpc) is 2.47. The fourth-order valence-electron chi connectivity index (χ4n) is 1.47. The van der Waals surface area contributed by atoms with Crippen LogP contribution in [-0.4, -0.2) is 17.8 Å². The van der Waals surface area contributed by atoms with Crippen LogP contribution in [-0.2, 0) is 9.53 Å². The van der Waals surface area contributed by atoms with Crippen LogP contribution in [0.1, 0.15) is 6.92 Å². The van der Waals surface area contributed by atoms with Crippen molar-refractivity contribution in [3.63, 3.8) is 0 Å². The lowest BCUT2D eigenvalue weighted by Crippen LogP contribution is -2.09. The van der Waals surface area contributed by atoms with Gasteiger partial charge in [-0.05, 0) is 12.3 Å². The summed E-state index contributed by atoms with van der Waals surface area (Å²) in [5.74, 6) is 0.642. The van der Waals surface area contributed by atoms with Crippen molar-refractivity contribution < 1.29 is 9.53 Å². The van der Waals surface area contributed by atoms with E-state index in [0.717, 1.165) is 0 Å². The van der Waals surface area contributed by atoms with Gasteiger partial charge < -0.3 is 4.74 Å². The van der Waals surface area contributed by atoms with Gasteiger partial charge in [-0.3, -0.25) is 4.79 Å². The van der Waals surface area contributed by atoms with Crippen LogP contribution in [0.3, 0.4) is 0 Å². The van der Waals surface area contributed by atoms with Crippen molar-refractivity contribution in [2.24, 2.45) is 11.8 Å². The van der Waals surface area contributed by atoms with E-state index < -0.39 is 0 Å². The van der Waals surface area contributed by atoms with Crippen LogP contribution in [0.25, 0.3) is 0 Å². The maximum Gasteiger partial charge on any atom is 0.310 e. The minimum atomic E-state index is -0.0145. The molecule has 11 heavy (non-hydrogen) atoms. The predicted molar refractivity (Wildman–Crippen MR) is 44.1 cm³/mol. The maximum absolute atomic E-state index is 11.1. The van der Waals surface area contributed by atoms with Gasteiger partial charge in [-0.2, -0.15) is 0 Å². The number of fused-ring (bicyclic) bond motifs is 1. The van der Waals surface area contributed by atoms with E-state index in [0.29, 0.717) is 17.8 Å². The second kappa shape index (κ2) is 2.55. The predicted octanol–water partition coefficient (Wildman–Crippen LogP) is 1.42. The Balaban J connectivity index is 1.90. The Morgan fingerprint density at radius 2 is 2.55 bits per heavy atom. The fraction of sp³-hybridized carbons (Fsp3) is 0.625. The molecule has 0 spiro atoms. The fourth-order valence-corrected chi connectivity index (χ4v) is 2.73. The van der Waals surface area contributed by atoms with Crippen molar-refractivity contribution in [1.29, 1.82) is 0 Å². The highest BCUT2D eigenvalue weighted by Crippen LogP contribution is 2.54. The quantitative estimate of drug-likeness (QED) is 0.586. The highest BCUT2D eigenvalue weighted by molar-refractivity contribution is 8.03. The molecular weight excluding hydrogens is 160 g/mol. The number of ether oxygens (including phenoxy) is 1. The molecule has 0 unspecified atom stereocenters. The second-order valence-electron chi connectivity index (χ2n) is 2.78. The molecule has 0 radical (unpaired) electrons. The number of carbonyl (C=O) groups excluding carboxylic acids is 1. The number of carbonyl (C=O) groups is 1. The molecule has 1 fully saturated rings. The lowest BCUT2D eigenvalue weighted by Gasteiger charge is -1.99. The van der Waals surface area contributed by atoms with E-state index in [4.69, 9.17) is 4.74 Å². The van der Waals surface area contributed by atoms with Crippen LogP contribution in [0.4, 0.5) is 0 Å². The number of thioether (sulfide) groups is 1. The first kappa shape index (κ1) is 7.22. The lowest BCUT2D eigenvalue weighted by atomic mass is 10.3. The largest absolute Gasteiger partial charge is 0.466 e. The van der Waals surface area contributed by atoms with Gasteiger partial charge in [0.2, 0.25) is 0 Å². The maximum atomic E-state index is 11.1. The summed E-state index contributed by atoms with van der Waals surface area (Å²) < 4.78 is 4.92. The molecule has 0 aromatic rings. The number of hydrogen-bond acceptors (Lipinski definition) is 3. The van der Waals surface area contributed by atoms with E-state index in [-0.39, 0.29) is 11.9 Å². The molecule has 1 heterocycles. The van der Waals surface area contributed by atoms with Gasteiger partial charge in [-0.25, -0.2) is 0 Å². The molecule has 1 saturated carbocycles. The number of esters is 1. The highest BCUT2D eigenvalue weighted by Gasteiger charge is 2.56. The first-order valence-electron chi connectivity index (χ1n) is 3.83. The van der Waals surface area contributed by atoms with Crippen LogP contribution in [0, 0.1) is 11.8 Å². The monoisotopic (exact) mass is 170 g/mol. The Bertz CT molecular complexity index is 212. The summed E-state index contributed by atoms with van der Waals surface area (Å²) in [6.45, 7) is 2.35. The summed E-state index contributed by atoms with van der Waals surface area (Å²) in [7, 11) is 0. The molecule has 0 aromatic carbocycles. The summed E-state index contributed by atoms with van der Waals surface area (Å²) in [4.78, 5) is 11.1. The van der Waals surface area contributed by atoms with Crippen molar-refractivity contribution in [1.82, 2.24) is 0 Å². The molecule has 0 bridgehead atoms. The standard InChI is InChI=1S/C8H10O2S/c1-2-10-8(9)6-5-3-4-11-7(5)6/h3-7H,2H2,1H3/t5-,6+,7-/m0/s1. The summed E-state index contributed by atoms with van der Waals surface area (Å²) in [5, 5.41) is 2.58. The molecule has 0 saturated heterocycles. The van der Waals surface area contributed by atoms with Gasteiger partial charge >= 0.3 is 5.97 Å². The molecule has 0 N–H and O–H groups in total. The van der Waals surface area contributed by atoms with Crippen LogP contribution < -0.4 is 0 Å². The summed E-state index contributed by atoms with van der Waals surface area (Å²) >= 11 is 1.75. The van der Waals surface area contributed by atoms with Gasteiger partial charge in [0.25, 0.3) is 0 Å². The molecule has 3 heteroatoms. The molecular formula is C8H10O2S. The Labute approximate surface area is 70.0 Å². The highest BCUT2D eigenvalue weighted by atomic mass is 32.2. The van der Waals surface area contributed by atoms with Crippen molar-refractivity contribution >= 4 is 17.7 Å². The smallest absolute Gasteiger partial charge is 0.310 e. The average molecular weight is 170 g/mol. The van der Waals surface area contributed by atoms with Gasteiger partial charge in [0.05, 0.1) is 12.5 Å². The van der Waals surface area contributed by atoms with Crippen molar-refractivity contribution in [3.8, 4) is 0 Å². The molecule has 1 aliphatic heterocycles. The molecule has 1 aliphatic carbocycles. The minimum absolute atomic E-state index is 0.0145. The molecule has 2 rings (SSSR count). The van der Waals surface area contributed by atoms with Crippen LogP contribution in [0.15, 0.2) is 11.5 Å². The van der Waals surface area contributed by atoms with E-state index >= 15 is 0 Å². The zero-order chi connectivity index (χ0) is 7.84. The van der Waals surface area contributed by atoms with Gasteiger partial charge in [0, 0.05) is 11.2 Å². The topological polar surface area (TPSA) is 26.3 Å². The number of rotatable bonds is 2. The second-order valence-corrected chi connectivity index (χ2v) is 3.87. The SMILES string of the molecule is CCOC(=O)[C@@H]1[C@@H]2C=CS[C@@H]21. The zero-order valence-corrected chi connectivity index (χ0v) is 7.14. The van der Waals surface area contributed by atoms with Gasteiger partial charge in [0.15, 0.2) is 0 Å². The zero-order valence-electron chi connectivity index (χ0n) is 6.32. The summed E-state index contributed by atoms with van der Waals surface area (Å²) in [5.41, 5.74) is 0. The Morgan fingerprint density at radius 1 is 1.73 bits per heavy atom. The Hall–Kier alpha value is -0.440. The van der Waals surface area contributed by atoms with Crippen LogP contribution in [0.2, 0.25) is 0 Å². The Kier molecular flexibility index (Phi) is 1.68. The lowest BCUT2D eigenvalue weighted by molar-refractivity contribution is -0.144. The van der Waals surface area contributed by atoms with Crippen molar-refractivity contribution in [2.45, 2.75) is 12.2 Å². The normalized spacial score (nSPS) is 38.5. The summed E-state index contributed by atoms with van der Waals surface area (Å²) in [6, 6.07) is 0. The molecule has 0 amide bonds. The third-order valence-corrected chi connectivity index (χ3v) is 3.34. The first-order valence-corrected chi connectivity index (χ1v) is 4.77. The number of allylic oxidation sites excluding steroid dienone is 1. The van der Waals surface area contributed by atoms with Crippen LogP contribution in [0.5, 0.6) is 0 Å². The van der Waals surface area contributed by atoms with Gasteiger partial charge in [0.1, 0.15) is 0 Å². The van der Waals surface area contributed by atoms with E-state index in [1.54, 1.807) is 11.8 Å². The van der Waals surface area contributed by atoms with Crippen molar-refractivity contribution in [2.75, 3.05) is 6.61 Å². The van der Waals surface area contributed by atoms with Crippen molar-refractivity contribution in [3.05, 3.63) is 11.5 Å². The van der Waals surface area contributed by atoms with E-state index in [1.165, 1.54) is 0 Å². The molecule has 0 aromatic heterocycles. The third-order valence-electron chi connectivity index (χ3n) is 2.10. The van der Waals surface area contributed by atoms with E-state index in [1.807, 2.05) is 6.92 Å². The third kappa shape index (κ3) is 1.07. The molecule has 2 aliphatic rings. The molecule has 2 nitrogen and oxygen atoms in total. The van der Waals surface area contributed by atoms with Gasteiger partial charge in [-0.1, -0.05) is 6.08 Å². The number of hydrogen-bond donors (Lipinski definition) is 0. The molecule has 60 valence electrons. The van der Waals surface area contributed by atoms with Gasteiger partial charge in [-0.15, -0.1) is 11.8 Å².